The maximum absolute atomic E-state index is 12.7. The molecule has 1 aliphatic heterocycles. The highest BCUT2D eigenvalue weighted by atomic mass is 127. The number of thiazole rings is 1. The highest BCUT2D eigenvalue weighted by molar-refractivity contribution is 14.0. The molecule has 0 bridgehead atoms. The van der Waals surface area contributed by atoms with Crippen molar-refractivity contribution in [3.05, 3.63) is 38.8 Å². The van der Waals surface area contributed by atoms with Gasteiger partial charge >= 0.3 is 6.18 Å². The lowest BCUT2D eigenvalue weighted by molar-refractivity contribution is -0.140. The molecule has 1 aromatic carbocycles. The highest BCUT2D eigenvalue weighted by Crippen LogP contribution is 2.38. The quantitative estimate of drug-likeness (QED) is 0.303. The van der Waals surface area contributed by atoms with Gasteiger partial charge in [-0.2, -0.15) is 13.2 Å². The van der Waals surface area contributed by atoms with Crippen LogP contribution in [-0.2, 0) is 19.3 Å². The van der Waals surface area contributed by atoms with Gasteiger partial charge in [-0.25, -0.2) is 9.98 Å². The Hall–Kier alpha value is -1.47. The standard InChI is InChI=1S/C18H20ClF3N4O2S.HI/c1-2-23-17(25-9-15-26-14(10-29-15)18(20,21)22)24-8-11-6-12(19)16-13(7-11)27-4-3-5-28-16;/h6-7,10H,2-5,8-9H2,1H3,(H2,23,24,25);1H. The van der Waals surface area contributed by atoms with Crippen molar-refractivity contribution >= 4 is 52.9 Å². The molecular formula is C18H21ClF3IN4O2S. The number of aliphatic imine (C=N–C) groups is 1. The molecule has 0 unspecified atom stereocenters. The monoisotopic (exact) mass is 576 g/mol. The molecule has 0 saturated carbocycles. The normalized spacial score (nSPS) is 14.0. The Balaban J connectivity index is 0.00000320. The molecule has 1 aromatic heterocycles. The van der Waals surface area contributed by atoms with Crippen molar-refractivity contribution in [2.75, 3.05) is 19.8 Å². The van der Waals surface area contributed by atoms with Crippen molar-refractivity contribution in [1.82, 2.24) is 15.6 Å². The fraction of sp³-hybridized carbons (Fsp3) is 0.444. The molecule has 0 aliphatic carbocycles. The number of halogens is 5. The first-order chi connectivity index (χ1) is 13.9. The predicted octanol–water partition coefficient (Wildman–Crippen LogP) is 4.85. The number of alkyl halides is 3. The van der Waals surface area contributed by atoms with Crippen LogP contribution in [0.3, 0.4) is 0 Å². The third-order valence-corrected chi connectivity index (χ3v) is 5.00. The van der Waals surface area contributed by atoms with Crippen LogP contribution in [0, 0.1) is 0 Å². The van der Waals surface area contributed by atoms with Gasteiger partial charge in [0.25, 0.3) is 0 Å². The highest BCUT2D eigenvalue weighted by Gasteiger charge is 2.33. The zero-order valence-corrected chi connectivity index (χ0v) is 19.9. The van der Waals surface area contributed by atoms with Crippen LogP contribution in [0.2, 0.25) is 5.02 Å². The number of ether oxygens (including phenoxy) is 2. The van der Waals surface area contributed by atoms with Gasteiger partial charge in [0, 0.05) is 18.3 Å². The van der Waals surface area contributed by atoms with E-state index in [1.54, 1.807) is 6.07 Å². The van der Waals surface area contributed by atoms with Crippen molar-refractivity contribution in [2.45, 2.75) is 32.6 Å². The van der Waals surface area contributed by atoms with Crippen molar-refractivity contribution in [1.29, 1.82) is 0 Å². The molecule has 0 fully saturated rings. The topological polar surface area (TPSA) is 67.8 Å². The number of fused-ring (bicyclic) bond motifs is 1. The predicted molar refractivity (Wildman–Crippen MR) is 121 cm³/mol. The van der Waals surface area contributed by atoms with Gasteiger partial charge in [-0.15, -0.1) is 35.3 Å². The molecule has 12 heteroatoms. The van der Waals surface area contributed by atoms with E-state index in [1.165, 1.54) is 0 Å². The zero-order valence-electron chi connectivity index (χ0n) is 16.0. The van der Waals surface area contributed by atoms with Gasteiger partial charge in [-0.05, 0) is 24.6 Å². The number of rotatable bonds is 5. The molecule has 2 heterocycles. The summed E-state index contributed by atoms with van der Waals surface area (Å²) >= 11 is 7.24. The number of hydrogen-bond donors (Lipinski definition) is 2. The summed E-state index contributed by atoms with van der Waals surface area (Å²) in [6.45, 7) is 4.03. The van der Waals surface area contributed by atoms with E-state index >= 15 is 0 Å². The van der Waals surface area contributed by atoms with Crippen LogP contribution < -0.4 is 20.1 Å². The van der Waals surface area contributed by atoms with Crippen LogP contribution in [0.15, 0.2) is 22.5 Å². The van der Waals surface area contributed by atoms with Gasteiger partial charge in [0.2, 0.25) is 0 Å². The second-order valence-corrected chi connectivity index (χ2v) is 7.48. The molecule has 0 saturated heterocycles. The van der Waals surface area contributed by atoms with E-state index in [0.29, 0.717) is 53.8 Å². The molecule has 2 N–H and O–H groups in total. The average Bonchev–Trinajstić information content (AvgIpc) is 3.02. The summed E-state index contributed by atoms with van der Waals surface area (Å²) < 4.78 is 49.3. The van der Waals surface area contributed by atoms with Gasteiger partial charge in [-0.1, -0.05) is 11.6 Å². The lowest BCUT2D eigenvalue weighted by Gasteiger charge is -2.12. The number of nitrogens with zero attached hydrogens (tertiary/aromatic N) is 2. The van der Waals surface area contributed by atoms with Gasteiger partial charge < -0.3 is 20.1 Å². The Morgan fingerprint density at radius 3 is 2.73 bits per heavy atom. The van der Waals surface area contributed by atoms with Gasteiger partial charge in [0.15, 0.2) is 23.2 Å². The van der Waals surface area contributed by atoms with Crippen LogP contribution >= 0.6 is 46.9 Å². The van der Waals surface area contributed by atoms with Gasteiger partial charge in [0.1, 0.15) is 5.01 Å². The van der Waals surface area contributed by atoms with Crippen molar-refractivity contribution in [2.24, 2.45) is 4.99 Å². The molecule has 6 nitrogen and oxygen atoms in total. The number of hydrogen-bond acceptors (Lipinski definition) is 5. The number of guanidine groups is 1. The van der Waals surface area contributed by atoms with E-state index < -0.39 is 11.9 Å². The molecule has 3 rings (SSSR count). The van der Waals surface area contributed by atoms with E-state index in [9.17, 15) is 13.2 Å². The van der Waals surface area contributed by atoms with Crippen LogP contribution in [0.5, 0.6) is 11.5 Å². The Morgan fingerprint density at radius 1 is 1.27 bits per heavy atom. The molecule has 1 aliphatic rings. The van der Waals surface area contributed by atoms with Crippen LogP contribution in [-0.4, -0.2) is 30.7 Å². The SMILES string of the molecule is CCNC(=NCc1cc(Cl)c2c(c1)OCCCO2)NCc1nc(C(F)(F)F)cs1.I. The maximum Gasteiger partial charge on any atom is 0.434 e. The minimum absolute atomic E-state index is 0. The van der Waals surface area contributed by atoms with Gasteiger partial charge in [0.05, 0.1) is 31.3 Å². The first-order valence-corrected chi connectivity index (χ1v) is 10.2. The molecule has 0 spiro atoms. The first kappa shape index (κ1) is 24.8. The molecule has 30 heavy (non-hydrogen) atoms. The van der Waals surface area contributed by atoms with E-state index in [0.717, 1.165) is 28.7 Å². The largest absolute Gasteiger partial charge is 0.489 e. The van der Waals surface area contributed by atoms with E-state index in [-0.39, 0.29) is 30.5 Å². The molecule has 0 radical (unpaired) electrons. The fourth-order valence-electron chi connectivity index (χ4n) is 2.57. The van der Waals surface area contributed by atoms with E-state index in [1.807, 2.05) is 13.0 Å². The lowest BCUT2D eigenvalue weighted by atomic mass is 10.2. The summed E-state index contributed by atoms with van der Waals surface area (Å²) in [6, 6.07) is 3.59. The van der Waals surface area contributed by atoms with Crippen molar-refractivity contribution in [3.8, 4) is 11.5 Å². The Morgan fingerprint density at radius 2 is 2.03 bits per heavy atom. The number of nitrogens with one attached hydrogen (secondary N) is 2. The number of aromatic nitrogens is 1. The maximum atomic E-state index is 12.7. The minimum Gasteiger partial charge on any atom is -0.489 e. The summed E-state index contributed by atoms with van der Waals surface area (Å²) in [5.74, 6) is 1.58. The third kappa shape index (κ3) is 6.77. The average molecular weight is 577 g/mol. The first-order valence-electron chi connectivity index (χ1n) is 8.98. The summed E-state index contributed by atoms with van der Waals surface area (Å²) in [6.07, 6.45) is -3.66. The van der Waals surface area contributed by atoms with Gasteiger partial charge in [-0.3, -0.25) is 0 Å². The Bertz CT molecular complexity index is 880. The smallest absolute Gasteiger partial charge is 0.434 e. The van der Waals surface area contributed by atoms with Crippen molar-refractivity contribution < 1.29 is 22.6 Å². The van der Waals surface area contributed by atoms with Crippen molar-refractivity contribution in [3.63, 3.8) is 0 Å². The minimum atomic E-state index is -4.44. The van der Waals surface area contributed by atoms with E-state index in [4.69, 9.17) is 21.1 Å². The number of benzene rings is 1. The Kier molecular flexibility index (Phi) is 9.29. The zero-order chi connectivity index (χ0) is 20.9. The summed E-state index contributed by atoms with van der Waals surface area (Å²) in [4.78, 5) is 8.06. The second-order valence-electron chi connectivity index (χ2n) is 6.13. The van der Waals surface area contributed by atoms with Crippen LogP contribution in [0.25, 0.3) is 0 Å². The lowest BCUT2D eigenvalue weighted by Crippen LogP contribution is -2.36. The fourth-order valence-corrected chi connectivity index (χ4v) is 3.60. The third-order valence-electron chi connectivity index (χ3n) is 3.88. The summed E-state index contributed by atoms with van der Waals surface area (Å²) in [5, 5.41) is 7.82. The molecule has 0 atom stereocenters. The second kappa shape index (κ2) is 11.2. The molecular weight excluding hydrogens is 556 g/mol. The summed E-state index contributed by atoms with van der Waals surface area (Å²) in [7, 11) is 0. The molecule has 166 valence electrons. The van der Waals surface area contributed by atoms with E-state index in [2.05, 4.69) is 20.6 Å². The van der Waals surface area contributed by atoms with Crippen LogP contribution in [0.1, 0.15) is 29.6 Å². The molecule has 2 aromatic rings. The van der Waals surface area contributed by atoms with Crippen LogP contribution in [0.4, 0.5) is 13.2 Å². The Labute approximate surface area is 198 Å². The summed E-state index contributed by atoms with van der Waals surface area (Å²) in [5.41, 5.74) is -0.0619. The molecule has 0 amide bonds.